The van der Waals surface area contributed by atoms with Crippen molar-refractivity contribution in [3.05, 3.63) is 59.0 Å². The summed E-state index contributed by atoms with van der Waals surface area (Å²) in [7, 11) is 0. The molecule has 1 aromatic carbocycles. The molecule has 0 saturated carbocycles. The first-order chi connectivity index (χ1) is 9.29. The van der Waals surface area contributed by atoms with Gasteiger partial charge in [0.25, 0.3) is 0 Å². The van der Waals surface area contributed by atoms with Crippen LogP contribution in [0.3, 0.4) is 0 Å². The number of fused-ring (bicyclic) bond motifs is 1. The van der Waals surface area contributed by atoms with Crippen LogP contribution in [0.25, 0.3) is 0 Å². The summed E-state index contributed by atoms with van der Waals surface area (Å²) in [4.78, 5) is 0. The maximum Gasteiger partial charge on any atom is 0.121 e. The van der Waals surface area contributed by atoms with E-state index in [0.717, 1.165) is 24.4 Å². The highest BCUT2D eigenvalue weighted by atomic mass is 16.3. The first-order valence-corrected chi connectivity index (χ1v) is 7.21. The Balaban J connectivity index is 1.90. The molecule has 0 aliphatic heterocycles. The Morgan fingerprint density at radius 2 is 2.11 bits per heavy atom. The second kappa shape index (κ2) is 5.22. The fraction of sp³-hybridized carbons (Fsp3) is 0.412. The Labute approximate surface area is 114 Å². The van der Waals surface area contributed by atoms with E-state index in [-0.39, 0.29) is 6.04 Å². The molecule has 100 valence electrons. The first kappa shape index (κ1) is 12.5. The van der Waals surface area contributed by atoms with Crippen LogP contribution in [-0.2, 0) is 12.8 Å². The fourth-order valence-electron chi connectivity index (χ4n) is 3.13. The lowest BCUT2D eigenvalue weighted by atomic mass is 9.78. The van der Waals surface area contributed by atoms with Gasteiger partial charge in [-0.25, -0.2) is 0 Å². The summed E-state index contributed by atoms with van der Waals surface area (Å²) in [5.41, 5.74) is 9.33. The Morgan fingerprint density at radius 1 is 1.26 bits per heavy atom. The quantitative estimate of drug-likeness (QED) is 0.901. The van der Waals surface area contributed by atoms with E-state index in [1.54, 1.807) is 0 Å². The standard InChI is InChI=1S/C17H21NO/c1-2-13-10-11-16(19-13)17(18)15-9-5-7-12-6-3-4-8-14(12)15/h3-4,6,8,10-11,15,17H,2,5,7,9,18H2,1H3. The summed E-state index contributed by atoms with van der Waals surface area (Å²) in [5, 5.41) is 0. The van der Waals surface area contributed by atoms with E-state index in [2.05, 4.69) is 31.2 Å². The van der Waals surface area contributed by atoms with Gasteiger partial charge in [0, 0.05) is 12.3 Å². The summed E-state index contributed by atoms with van der Waals surface area (Å²) >= 11 is 0. The predicted octanol–water partition coefficient (Wildman–Crippen LogP) is 3.96. The fourth-order valence-corrected chi connectivity index (χ4v) is 3.13. The maximum absolute atomic E-state index is 6.46. The smallest absolute Gasteiger partial charge is 0.121 e. The lowest BCUT2D eigenvalue weighted by molar-refractivity contribution is 0.381. The third-order valence-electron chi connectivity index (χ3n) is 4.21. The largest absolute Gasteiger partial charge is 0.464 e. The molecular weight excluding hydrogens is 234 g/mol. The van der Waals surface area contributed by atoms with Crippen LogP contribution in [0.4, 0.5) is 0 Å². The molecule has 2 aromatic rings. The molecule has 2 nitrogen and oxygen atoms in total. The molecule has 19 heavy (non-hydrogen) atoms. The second-order valence-electron chi connectivity index (χ2n) is 5.38. The van der Waals surface area contributed by atoms with Crippen LogP contribution >= 0.6 is 0 Å². The average molecular weight is 255 g/mol. The summed E-state index contributed by atoms with van der Waals surface area (Å²) < 4.78 is 5.84. The maximum atomic E-state index is 6.46. The van der Waals surface area contributed by atoms with Gasteiger partial charge in [-0.2, -0.15) is 0 Å². The van der Waals surface area contributed by atoms with E-state index in [0.29, 0.717) is 5.92 Å². The minimum Gasteiger partial charge on any atom is -0.464 e. The number of rotatable bonds is 3. The Hall–Kier alpha value is -1.54. The molecule has 0 spiro atoms. The van der Waals surface area contributed by atoms with Gasteiger partial charge in [-0.05, 0) is 42.5 Å². The Kier molecular flexibility index (Phi) is 3.43. The van der Waals surface area contributed by atoms with Crippen LogP contribution in [0.5, 0.6) is 0 Å². The molecule has 1 heterocycles. The topological polar surface area (TPSA) is 39.2 Å². The van der Waals surface area contributed by atoms with Gasteiger partial charge in [0.05, 0.1) is 6.04 Å². The van der Waals surface area contributed by atoms with Crippen LogP contribution in [0.15, 0.2) is 40.8 Å². The number of furan rings is 1. The van der Waals surface area contributed by atoms with Gasteiger partial charge in [0.2, 0.25) is 0 Å². The molecule has 3 rings (SSSR count). The van der Waals surface area contributed by atoms with Gasteiger partial charge in [-0.3, -0.25) is 0 Å². The van der Waals surface area contributed by atoms with Gasteiger partial charge >= 0.3 is 0 Å². The van der Waals surface area contributed by atoms with Gasteiger partial charge in [0.1, 0.15) is 11.5 Å². The third kappa shape index (κ3) is 2.33. The minimum absolute atomic E-state index is 0.0262. The van der Waals surface area contributed by atoms with Crippen molar-refractivity contribution in [1.82, 2.24) is 0 Å². The number of aryl methyl sites for hydroxylation is 2. The molecule has 0 bridgehead atoms. The van der Waals surface area contributed by atoms with Crippen molar-refractivity contribution in [1.29, 1.82) is 0 Å². The molecule has 2 unspecified atom stereocenters. The van der Waals surface area contributed by atoms with E-state index in [4.69, 9.17) is 10.2 Å². The van der Waals surface area contributed by atoms with Crippen molar-refractivity contribution in [2.75, 3.05) is 0 Å². The van der Waals surface area contributed by atoms with Gasteiger partial charge in [0.15, 0.2) is 0 Å². The molecule has 1 aliphatic carbocycles. The summed E-state index contributed by atoms with van der Waals surface area (Å²) in [6, 6.07) is 12.8. The lowest BCUT2D eigenvalue weighted by Crippen LogP contribution is -2.23. The molecule has 1 aliphatic rings. The molecule has 0 fully saturated rings. The molecular formula is C17H21NO. The van der Waals surface area contributed by atoms with E-state index in [1.807, 2.05) is 12.1 Å². The van der Waals surface area contributed by atoms with Gasteiger partial charge in [-0.15, -0.1) is 0 Å². The zero-order valence-corrected chi connectivity index (χ0v) is 11.4. The highest BCUT2D eigenvalue weighted by Crippen LogP contribution is 2.39. The molecule has 0 amide bonds. The van der Waals surface area contributed by atoms with Crippen molar-refractivity contribution in [3.63, 3.8) is 0 Å². The van der Waals surface area contributed by atoms with Crippen molar-refractivity contribution >= 4 is 0 Å². The second-order valence-corrected chi connectivity index (χ2v) is 5.38. The van der Waals surface area contributed by atoms with Crippen molar-refractivity contribution in [2.24, 2.45) is 5.73 Å². The zero-order valence-electron chi connectivity index (χ0n) is 11.4. The minimum atomic E-state index is -0.0262. The Bertz CT molecular complexity index is 558. The summed E-state index contributed by atoms with van der Waals surface area (Å²) in [5.74, 6) is 2.34. The summed E-state index contributed by atoms with van der Waals surface area (Å²) in [6.45, 7) is 2.10. The Morgan fingerprint density at radius 3 is 2.89 bits per heavy atom. The molecule has 2 atom stereocenters. The van der Waals surface area contributed by atoms with Crippen LogP contribution in [0, 0.1) is 0 Å². The highest BCUT2D eigenvalue weighted by Gasteiger charge is 2.28. The number of hydrogen-bond donors (Lipinski definition) is 1. The van der Waals surface area contributed by atoms with Crippen molar-refractivity contribution < 1.29 is 4.42 Å². The van der Waals surface area contributed by atoms with E-state index in [9.17, 15) is 0 Å². The summed E-state index contributed by atoms with van der Waals surface area (Å²) in [6.07, 6.45) is 4.47. The molecule has 0 saturated heterocycles. The van der Waals surface area contributed by atoms with E-state index < -0.39 is 0 Å². The van der Waals surface area contributed by atoms with Crippen LogP contribution in [0.1, 0.15) is 54.4 Å². The SMILES string of the molecule is CCc1ccc(C(N)C2CCCc3ccccc32)o1. The zero-order chi connectivity index (χ0) is 13.2. The van der Waals surface area contributed by atoms with Crippen molar-refractivity contribution in [3.8, 4) is 0 Å². The van der Waals surface area contributed by atoms with E-state index in [1.165, 1.54) is 24.0 Å². The first-order valence-electron chi connectivity index (χ1n) is 7.21. The third-order valence-corrected chi connectivity index (χ3v) is 4.21. The normalized spacial score (nSPS) is 20.0. The molecule has 2 N–H and O–H groups in total. The number of nitrogens with two attached hydrogens (primary N) is 1. The molecule has 2 heteroatoms. The lowest BCUT2D eigenvalue weighted by Gasteiger charge is -2.29. The van der Waals surface area contributed by atoms with Gasteiger partial charge in [-0.1, -0.05) is 31.2 Å². The monoisotopic (exact) mass is 255 g/mol. The average Bonchev–Trinajstić information content (AvgIpc) is 2.95. The highest BCUT2D eigenvalue weighted by molar-refractivity contribution is 5.34. The van der Waals surface area contributed by atoms with E-state index >= 15 is 0 Å². The van der Waals surface area contributed by atoms with Crippen LogP contribution in [-0.4, -0.2) is 0 Å². The van der Waals surface area contributed by atoms with Crippen molar-refractivity contribution in [2.45, 2.75) is 44.6 Å². The van der Waals surface area contributed by atoms with Gasteiger partial charge < -0.3 is 10.2 Å². The number of benzene rings is 1. The van der Waals surface area contributed by atoms with Crippen LogP contribution < -0.4 is 5.73 Å². The number of hydrogen-bond acceptors (Lipinski definition) is 2. The predicted molar refractivity (Wildman–Crippen MR) is 77.1 cm³/mol. The van der Waals surface area contributed by atoms with Crippen LogP contribution in [0.2, 0.25) is 0 Å². The molecule has 0 radical (unpaired) electrons. The molecule has 1 aromatic heterocycles.